The first-order valence-electron chi connectivity index (χ1n) is 6.09. The number of alkyl halides is 3. The fourth-order valence-corrected chi connectivity index (χ4v) is 1.58. The van der Waals surface area contributed by atoms with E-state index in [1.807, 2.05) is 0 Å². The molecule has 9 heteroatoms. The highest BCUT2D eigenvalue weighted by Crippen LogP contribution is 2.32. The number of anilines is 1. The predicted molar refractivity (Wildman–Crippen MR) is 70.3 cm³/mol. The van der Waals surface area contributed by atoms with Crippen LogP contribution in [0.5, 0.6) is 0 Å². The zero-order valence-corrected chi connectivity index (χ0v) is 11.5. The molecular formula is C13H13F3N2O4. The normalized spacial score (nSPS) is 10.9. The Morgan fingerprint density at radius 3 is 2.32 bits per heavy atom. The van der Waals surface area contributed by atoms with Gasteiger partial charge in [0, 0.05) is 24.7 Å². The van der Waals surface area contributed by atoms with Gasteiger partial charge in [0.2, 0.25) is 5.91 Å². The number of carbonyl (C=O) groups excluding carboxylic acids is 2. The Balaban J connectivity index is 3.04. The van der Waals surface area contributed by atoms with E-state index in [0.29, 0.717) is 12.1 Å². The van der Waals surface area contributed by atoms with Gasteiger partial charge in [0.1, 0.15) is 0 Å². The van der Waals surface area contributed by atoms with Gasteiger partial charge in [0.05, 0.1) is 12.0 Å². The SMILES string of the molecule is CC(=O)Nc1cc(C(=O)NCCC(=O)O)cc(C(F)(F)F)c1. The van der Waals surface area contributed by atoms with E-state index in [1.54, 1.807) is 0 Å². The van der Waals surface area contributed by atoms with Gasteiger partial charge >= 0.3 is 12.1 Å². The zero-order valence-electron chi connectivity index (χ0n) is 11.5. The average molecular weight is 318 g/mol. The molecule has 0 aliphatic rings. The summed E-state index contributed by atoms with van der Waals surface area (Å²) in [6.07, 6.45) is -5.05. The Morgan fingerprint density at radius 1 is 1.18 bits per heavy atom. The molecule has 22 heavy (non-hydrogen) atoms. The van der Waals surface area contributed by atoms with Crippen LogP contribution in [-0.4, -0.2) is 29.4 Å². The van der Waals surface area contributed by atoms with E-state index >= 15 is 0 Å². The summed E-state index contributed by atoms with van der Waals surface area (Å²) in [5.74, 6) is -2.60. The van der Waals surface area contributed by atoms with Crippen molar-refractivity contribution in [2.75, 3.05) is 11.9 Å². The number of amides is 2. The van der Waals surface area contributed by atoms with Crippen LogP contribution in [0.4, 0.5) is 18.9 Å². The highest BCUT2D eigenvalue weighted by Gasteiger charge is 2.32. The van der Waals surface area contributed by atoms with Crippen molar-refractivity contribution in [1.82, 2.24) is 5.32 Å². The number of carboxylic acid groups (broad SMARTS) is 1. The first-order valence-corrected chi connectivity index (χ1v) is 6.09. The molecule has 0 aliphatic heterocycles. The number of rotatable bonds is 5. The minimum absolute atomic E-state index is 0.175. The molecule has 0 saturated heterocycles. The topological polar surface area (TPSA) is 95.5 Å². The van der Waals surface area contributed by atoms with Gasteiger partial charge in [0.15, 0.2) is 0 Å². The van der Waals surface area contributed by atoms with Crippen LogP contribution in [0.1, 0.15) is 29.3 Å². The van der Waals surface area contributed by atoms with E-state index in [0.717, 1.165) is 13.0 Å². The molecular weight excluding hydrogens is 305 g/mol. The molecule has 0 unspecified atom stereocenters. The monoisotopic (exact) mass is 318 g/mol. The van der Waals surface area contributed by atoms with Crippen molar-refractivity contribution in [3.63, 3.8) is 0 Å². The molecule has 3 N–H and O–H groups in total. The molecule has 6 nitrogen and oxygen atoms in total. The summed E-state index contributed by atoms with van der Waals surface area (Å²) in [4.78, 5) is 33.0. The lowest BCUT2D eigenvalue weighted by Gasteiger charge is -2.12. The third kappa shape index (κ3) is 5.43. The van der Waals surface area contributed by atoms with Crippen LogP contribution in [0.3, 0.4) is 0 Å². The highest BCUT2D eigenvalue weighted by atomic mass is 19.4. The molecule has 0 aliphatic carbocycles. The molecule has 0 heterocycles. The second kappa shape index (κ2) is 6.92. The van der Waals surface area contributed by atoms with Crippen molar-refractivity contribution in [1.29, 1.82) is 0 Å². The van der Waals surface area contributed by atoms with Crippen molar-refractivity contribution >= 4 is 23.5 Å². The summed E-state index contributed by atoms with van der Waals surface area (Å²) in [6, 6.07) is 2.41. The Labute approximate surface area is 123 Å². The van der Waals surface area contributed by atoms with Gasteiger partial charge in [-0.2, -0.15) is 13.2 Å². The van der Waals surface area contributed by atoms with Gasteiger partial charge in [-0.05, 0) is 18.2 Å². The molecule has 2 amide bonds. The van der Waals surface area contributed by atoms with Crippen LogP contribution >= 0.6 is 0 Å². The van der Waals surface area contributed by atoms with Crippen LogP contribution in [0.25, 0.3) is 0 Å². The molecule has 0 bridgehead atoms. The van der Waals surface area contributed by atoms with Crippen molar-refractivity contribution in [3.8, 4) is 0 Å². The maximum atomic E-state index is 12.8. The maximum absolute atomic E-state index is 12.8. The van der Waals surface area contributed by atoms with Crippen molar-refractivity contribution < 1.29 is 32.7 Å². The number of hydrogen-bond donors (Lipinski definition) is 3. The minimum Gasteiger partial charge on any atom is -0.481 e. The number of nitrogens with one attached hydrogen (secondary N) is 2. The molecule has 120 valence electrons. The van der Waals surface area contributed by atoms with Gasteiger partial charge in [-0.15, -0.1) is 0 Å². The van der Waals surface area contributed by atoms with E-state index in [9.17, 15) is 27.6 Å². The largest absolute Gasteiger partial charge is 0.481 e. The van der Waals surface area contributed by atoms with Gasteiger partial charge in [0.25, 0.3) is 5.91 Å². The zero-order chi connectivity index (χ0) is 16.9. The first-order chi connectivity index (χ1) is 10.1. The van der Waals surface area contributed by atoms with Crippen LogP contribution in [0.2, 0.25) is 0 Å². The fourth-order valence-electron chi connectivity index (χ4n) is 1.58. The van der Waals surface area contributed by atoms with Crippen LogP contribution in [-0.2, 0) is 15.8 Å². The lowest BCUT2D eigenvalue weighted by Crippen LogP contribution is -2.26. The molecule has 0 fully saturated rings. The second-order valence-corrected chi connectivity index (χ2v) is 4.38. The lowest BCUT2D eigenvalue weighted by molar-refractivity contribution is -0.138. The number of benzene rings is 1. The summed E-state index contributed by atoms with van der Waals surface area (Å²) in [7, 11) is 0. The fraction of sp³-hybridized carbons (Fsp3) is 0.308. The Bertz CT molecular complexity index is 599. The van der Waals surface area contributed by atoms with E-state index in [4.69, 9.17) is 5.11 Å². The smallest absolute Gasteiger partial charge is 0.416 e. The standard InChI is InChI=1S/C13H13F3N2O4/c1-7(19)18-10-5-8(4-9(6-10)13(14,15)16)12(22)17-3-2-11(20)21/h4-6H,2-3H2,1H3,(H,17,22)(H,18,19)(H,20,21). The molecule has 0 aromatic heterocycles. The summed E-state index contributed by atoms with van der Waals surface area (Å²) < 4.78 is 38.4. The first kappa shape index (κ1) is 17.5. The predicted octanol–water partition coefficient (Wildman–Crippen LogP) is 1.87. The molecule has 1 aromatic rings. The van der Waals surface area contributed by atoms with Gasteiger partial charge in [-0.1, -0.05) is 0 Å². The molecule has 0 saturated carbocycles. The molecule has 1 aromatic carbocycles. The number of carboxylic acids is 1. The van der Waals surface area contributed by atoms with Gasteiger partial charge in [-0.3, -0.25) is 14.4 Å². The van der Waals surface area contributed by atoms with Crippen LogP contribution in [0.15, 0.2) is 18.2 Å². The maximum Gasteiger partial charge on any atom is 0.416 e. The van der Waals surface area contributed by atoms with E-state index in [-0.39, 0.29) is 24.2 Å². The summed E-state index contributed by atoms with van der Waals surface area (Å²) in [6.45, 7) is 0.896. The third-order valence-corrected chi connectivity index (χ3v) is 2.47. The van der Waals surface area contributed by atoms with E-state index < -0.39 is 29.5 Å². The third-order valence-electron chi connectivity index (χ3n) is 2.47. The molecule has 1 rings (SSSR count). The van der Waals surface area contributed by atoms with Crippen LogP contribution < -0.4 is 10.6 Å². The van der Waals surface area contributed by atoms with E-state index in [1.165, 1.54) is 0 Å². The summed E-state index contributed by atoms with van der Waals surface area (Å²) >= 11 is 0. The number of carbonyl (C=O) groups is 3. The number of hydrogen-bond acceptors (Lipinski definition) is 3. The molecule has 0 atom stereocenters. The van der Waals surface area contributed by atoms with E-state index in [2.05, 4.69) is 10.6 Å². The van der Waals surface area contributed by atoms with Gasteiger partial charge < -0.3 is 15.7 Å². The average Bonchev–Trinajstić information content (AvgIpc) is 2.35. The van der Waals surface area contributed by atoms with Crippen LogP contribution in [0, 0.1) is 0 Å². The summed E-state index contributed by atoms with van der Waals surface area (Å²) in [5.41, 5.74) is -1.60. The Morgan fingerprint density at radius 2 is 1.82 bits per heavy atom. The Kier molecular flexibility index (Phi) is 5.50. The second-order valence-electron chi connectivity index (χ2n) is 4.38. The molecule has 0 spiro atoms. The van der Waals surface area contributed by atoms with Gasteiger partial charge in [-0.25, -0.2) is 0 Å². The van der Waals surface area contributed by atoms with Crippen molar-refractivity contribution in [3.05, 3.63) is 29.3 Å². The number of halogens is 3. The lowest BCUT2D eigenvalue weighted by atomic mass is 10.1. The van der Waals surface area contributed by atoms with Crippen molar-refractivity contribution in [2.24, 2.45) is 0 Å². The number of aliphatic carboxylic acids is 1. The molecule has 0 radical (unpaired) electrons. The summed E-state index contributed by atoms with van der Waals surface area (Å²) in [5, 5.41) is 12.8. The van der Waals surface area contributed by atoms with Crippen molar-refractivity contribution in [2.45, 2.75) is 19.5 Å². The highest BCUT2D eigenvalue weighted by molar-refractivity contribution is 5.97. The minimum atomic E-state index is -4.69. The quantitative estimate of drug-likeness (QED) is 0.772. The Hall–Kier alpha value is -2.58.